The summed E-state index contributed by atoms with van der Waals surface area (Å²) in [5.41, 5.74) is 1.84. The summed E-state index contributed by atoms with van der Waals surface area (Å²) < 4.78 is 26.4. The summed E-state index contributed by atoms with van der Waals surface area (Å²) >= 11 is 0. The number of epoxide rings is 1. The van der Waals surface area contributed by atoms with E-state index >= 15 is 0 Å². The predicted molar refractivity (Wildman–Crippen MR) is 206 cm³/mol. The number of aliphatic hydroxyl groups is 1. The van der Waals surface area contributed by atoms with Crippen LogP contribution in [0, 0.1) is 0 Å². The summed E-state index contributed by atoms with van der Waals surface area (Å²) in [6, 6.07) is 19.4. The highest BCUT2D eigenvalue weighted by Crippen LogP contribution is 2.25. The van der Waals surface area contributed by atoms with Crippen LogP contribution >= 0.6 is 0 Å². The number of esters is 2. The molecule has 0 saturated carbocycles. The number of rotatable bonds is 14. The number of aromatic nitrogens is 2. The number of hydrogen-bond acceptors (Lipinski definition) is 14. The number of piperazine rings is 2. The summed E-state index contributed by atoms with van der Waals surface area (Å²) in [6.07, 6.45) is 3.25. The lowest BCUT2D eigenvalue weighted by molar-refractivity contribution is -0.145. The maximum Gasteiger partial charge on any atom is 0.320 e. The highest BCUT2D eigenvalue weighted by molar-refractivity contribution is 5.85. The zero-order chi connectivity index (χ0) is 38.0. The van der Waals surface area contributed by atoms with Gasteiger partial charge in [-0.15, -0.1) is 0 Å². The monoisotopic (exact) mass is 746 g/mol. The Morgan fingerprint density at radius 3 is 1.81 bits per heavy atom. The second-order valence-corrected chi connectivity index (χ2v) is 13.1. The van der Waals surface area contributed by atoms with Crippen LogP contribution in [-0.4, -0.2) is 159 Å². The van der Waals surface area contributed by atoms with Crippen molar-refractivity contribution in [3.63, 3.8) is 0 Å². The fourth-order valence-electron chi connectivity index (χ4n) is 6.06. The first-order valence-corrected chi connectivity index (χ1v) is 18.8. The molecular formula is C40H54N6O8. The SMILES string of the molecule is CCOC(=O)CN1CCN(C[C@@H](O)COc2cccc3ncccc23)CC1.CCOC(=O)CN1CCNCC1.c1cc(OC[C@@H]2CO2)c2cccnc2c1. The molecule has 14 heteroatoms. The maximum atomic E-state index is 11.5. The van der Waals surface area contributed by atoms with Crippen LogP contribution in [0.2, 0.25) is 0 Å². The van der Waals surface area contributed by atoms with E-state index in [2.05, 4.69) is 30.0 Å². The van der Waals surface area contributed by atoms with Crippen molar-refractivity contribution in [2.45, 2.75) is 26.1 Å². The number of hydrogen-bond donors (Lipinski definition) is 2. The van der Waals surface area contributed by atoms with E-state index in [0.717, 1.165) is 92.3 Å². The standard InChI is InChI=1S/C20H27N3O4.C12H11NO2.C8H16N2O2/c1-2-26-20(25)14-23-11-9-22(10-12-23)13-16(24)15-27-19-7-3-6-18-17(19)5-4-8-21-18;1-4-11-10(3-2-6-13-11)12(5-1)15-8-9-7-14-9;1-2-12-8(11)7-10-5-3-9-4-6-10/h3-8,16,24H,2,9-15H2,1H3;1-6,9H,7-8H2;9H,2-7H2,1H3/t16-;9-;/m10./s1. The van der Waals surface area contributed by atoms with Crippen LogP contribution in [-0.2, 0) is 23.8 Å². The molecule has 2 atom stereocenters. The summed E-state index contributed by atoms with van der Waals surface area (Å²) in [5, 5.41) is 15.6. The number of nitrogens with one attached hydrogen (secondary N) is 1. The summed E-state index contributed by atoms with van der Waals surface area (Å²) in [4.78, 5) is 37.5. The van der Waals surface area contributed by atoms with Gasteiger partial charge in [0.05, 0.1) is 43.9 Å². The number of carbonyl (C=O) groups is 2. The number of nitrogens with zero attached hydrogens (tertiary/aromatic N) is 5. The van der Waals surface area contributed by atoms with E-state index in [-0.39, 0.29) is 24.6 Å². The molecule has 3 aliphatic heterocycles. The topological polar surface area (TPSA) is 151 Å². The van der Waals surface area contributed by atoms with E-state index in [1.807, 2.05) is 74.5 Å². The minimum absolute atomic E-state index is 0.112. The smallest absolute Gasteiger partial charge is 0.320 e. The molecule has 2 aromatic carbocycles. The maximum absolute atomic E-state index is 11.5. The van der Waals surface area contributed by atoms with Crippen molar-refractivity contribution in [3.8, 4) is 11.5 Å². The van der Waals surface area contributed by atoms with E-state index in [0.29, 0.717) is 39.5 Å². The molecule has 292 valence electrons. The third-order valence-corrected chi connectivity index (χ3v) is 8.93. The minimum Gasteiger partial charge on any atom is -0.490 e. The number of ether oxygens (including phenoxy) is 5. The number of carbonyl (C=O) groups excluding carboxylic acids is 2. The van der Waals surface area contributed by atoms with E-state index < -0.39 is 6.10 Å². The van der Waals surface area contributed by atoms with Crippen LogP contribution in [0.25, 0.3) is 21.8 Å². The molecule has 3 aliphatic rings. The van der Waals surface area contributed by atoms with Crippen molar-refractivity contribution >= 4 is 33.7 Å². The Morgan fingerprint density at radius 1 is 0.759 bits per heavy atom. The lowest BCUT2D eigenvalue weighted by Gasteiger charge is -2.34. The molecule has 4 aromatic rings. The van der Waals surface area contributed by atoms with E-state index in [9.17, 15) is 14.7 Å². The van der Waals surface area contributed by atoms with Crippen molar-refractivity contribution in [1.29, 1.82) is 0 Å². The van der Waals surface area contributed by atoms with E-state index in [1.165, 1.54) is 0 Å². The lowest BCUT2D eigenvalue weighted by atomic mass is 10.2. The third-order valence-electron chi connectivity index (χ3n) is 8.93. The van der Waals surface area contributed by atoms with Gasteiger partial charge in [-0.2, -0.15) is 0 Å². The Labute approximate surface area is 317 Å². The molecule has 14 nitrogen and oxygen atoms in total. The second kappa shape index (κ2) is 22.1. The number of fused-ring (bicyclic) bond motifs is 2. The third kappa shape index (κ3) is 13.8. The fourth-order valence-corrected chi connectivity index (χ4v) is 6.06. The Balaban J connectivity index is 0.000000174. The molecule has 0 spiro atoms. The molecule has 3 saturated heterocycles. The first-order valence-electron chi connectivity index (χ1n) is 18.8. The summed E-state index contributed by atoms with van der Waals surface area (Å²) in [6.45, 7) is 14.6. The zero-order valence-electron chi connectivity index (χ0n) is 31.4. The van der Waals surface area contributed by atoms with Crippen LogP contribution in [0.15, 0.2) is 73.1 Å². The Hall–Kier alpha value is -4.44. The molecule has 0 amide bonds. The molecule has 2 aromatic heterocycles. The predicted octanol–water partition coefficient (Wildman–Crippen LogP) is 2.62. The van der Waals surface area contributed by atoms with Crippen molar-refractivity contribution in [2.75, 3.05) is 105 Å². The molecule has 54 heavy (non-hydrogen) atoms. The molecule has 7 rings (SSSR count). The van der Waals surface area contributed by atoms with Crippen LogP contribution in [0.5, 0.6) is 11.5 Å². The molecule has 5 heterocycles. The van der Waals surface area contributed by atoms with Gasteiger partial charge < -0.3 is 34.1 Å². The zero-order valence-corrected chi connectivity index (χ0v) is 31.4. The van der Waals surface area contributed by atoms with Crippen LogP contribution in [0.1, 0.15) is 13.8 Å². The average Bonchev–Trinajstić information content (AvgIpc) is 4.03. The second-order valence-electron chi connectivity index (χ2n) is 13.1. The van der Waals surface area contributed by atoms with Gasteiger partial charge >= 0.3 is 11.9 Å². The van der Waals surface area contributed by atoms with Gasteiger partial charge in [-0.25, -0.2) is 0 Å². The van der Waals surface area contributed by atoms with Gasteiger partial charge in [0.25, 0.3) is 0 Å². The van der Waals surface area contributed by atoms with Gasteiger partial charge in [0, 0.05) is 82.1 Å². The fraction of sp³-hybridized carbons (Fsp3) is 0.500. The molecule has 3 fully saturated rings. The average molecular weight is 747 g/mol. The van der Waals surface area contributed by atoms with Crippen molar-refractivity contribution in [3.05, 3.63) is 73.1 Å². The van der Waals surface area contributed by atoms with Gasteiger partial charge in [-0.05, 0) is 62.4 Å². The quantitative estimate of drug-likeness (QED) is 0.144. The Bertz CT molecular complexity index is 1720. The van der Waals surface area contributed by atoms with E-state index in [4.69, 9.17) is 23.7 Å². The Kier molecular flexibility index (Phi) is 16.6. The summed E-state index contributed by atoms with van der Waals surface area (Å²) in [7, 11) is 0. The van der Waals surface area contributed by atoms with Crippen molar-refractivity contribution in [1.82, 2.24) is 30.0 Å². The van der Waals surface area contributed by atoms with Gasteiger partial charge in [-0.1, -0.05) is 12.1 Å². The largest absolute Gasteiger partial charge is 0.490 e. The van der Waals surface area contributed by atoms with Crippen molar-refractivity contribution < 1.29 is 38.4 Å². The number of β-amino-alcohol motifs (C(OH)–C–C–N with tert-alkyl or cyclic N) is 1. The minimum atomic E-state index is -0.575. The molecule has 0 radical (unpaired) electrons. The highest BCUT2D eigenvalue weighted by atomic mass is 16.6. The Morgan fingerprint density at radius 2 is 1.28 bits per heavy atom. The van der Waals surface area contributed by atoms with Gasteiger partial charge in [-0.3, -0.25) is 34.3 Å². The van der Waals surface area contributed by atoms with Gasteiger partial charge in [0.15, 0.2) is 0 Å². The molecule has 2 N–H and O–H groups in total. The molecule has 0 unspecified atom stereocenters. The first-order chi connectivity index (χ1) is 26.4. The lowest BCUT2D eigenvalue weighted by Crippen LogP contribution is -2.50. The van der Waals surface area contributed by atoms with Gasteiger partial charge in [0.2, 0.25) is 0 Å². The first kappa shape index (κ1) is 40.7. The number of aliphatic hydroxyl groups excluding tert-OH is 1. The normalized spacial score (nSPS) is 18.0. The highest BCUT2D eigenvalue weighted by Gasteiger charge is 2.24. The van der Waals surface area contributed by atoms with Crippen LogP contribution < -0.4 is 14.8 Å². The van der Waals surface area contributed by atoms with Crippen LogP contribution in [0.3, 0.4) is 0 Å². The molecule has 0 bridgehead atoms. The molecule has 0 aliphatic carbocycles. The number of pyridine rings is 2. The van der Waals surface area contributed by atoms with E-state index in [1.54, 1.807) is 12.4 Å². The molecular weight excluding hydrogens is 692 g/mol. The van der Waals surface area contributed by atoms with Crippen molar-refractivity contribution in [2.24, 2.45) is 0 Å². The van der Waals surface area contributed by atoms with Crippen LogP contribution in [0.4, 0.5) is 0 Å². The summed E-state index contributed by atoms with van der Waals surface area (Å²) in [5.74, 6) is 1.33. The van der Waals surface area contributed by atoms with Gasteiger partial charge in [0.1, 0.15) is 36.9 Å². The number of benzene rings is 2.